The van der Waals surface area contributed by atoms with E-state index in [4.69, 9.17) is 26.2 Å². The van der Waals surface area contributed by atoms with Crippen molar-refractivity contribution in [1.82, 2.24) is 0 Å². The second kappa shape index (κ2) is 8.84. The van der Waals surface area contributed by atoms with Crippen LogP contribution in [0.4, 0.5) is 18.9 Å². The molecule has 7 nitrogen and oxygen atoms in total. The summed E-state index contributed by atoms with van der Waals surface area (Å²) in [7, 11) is -2.06. The van der Waals surface area contributed by atoms with Gasteiger partial charge in [0.05, 0.1) is 24.8 Å². The lowest BCUT2D eigenvalue weighted by molar-refractivity contribution is -0.137. The molecule has 2 N–H and O–H groups in total. The number of hydrogen-bond acceptors (Lipinski definition) is 5. The van der Waals surface area contributed by atoms with E-state index in [1.165, 1.54) is 20.3 Å². The number of carboxylic acid groups (broad SMARTS) is 1. The minimum absolute atomic E-state index is 0.0301. The Morgan fingerprint density at radius 1 is 1.17 bits per heavy atom. The Bertz CT molecular complexity index is 1100. The fraction of sp³-hybridized carbons (Fsp3) is 0.167. The average molecular weight is 466 g/mol. The van der Waals surface area contributed by atoms with Gasteiger partial charge in [-0.15, -0.1) is 0 Å². The van der Waals surface area contributed by atoms with Gasteiger partial charge in [0, 0.05) is 11.8 Å². The Balaban J connectivity index is 2.59. The Morgan fingerprint density at radius 2 is 1.83 bits per heavy atom. The van der Waals surface area contributed by atoms with Gasteiger partial charge in [0.2, 0.25) is 0 Å². The lowest BCUT2D eigenvalue weighted by atomic mass is 10.2. The SMILES string of the molecule is COc1cc(/C=C/C(=O)O)cc(S(=O)(=O)Nc2ccc(Cl)c(C(F)(F)F)c2)c1OC. The monoisotopic (exact) mass is 465 g/mol. The van der Waals surface area contributed by atoms with Crippen molar-refractivity contribution >= 4 is 39.4 Å². The molecule has 0 atom stereocenters. The molecule has 0 aliphatic carbocycles. The first-order valence-corrected chi connectivity index (χ1v) is 9.81. The molecule has 0 fully saturated rings. The van der Waals surface area contributed by atoms with Crippen molar-refractivity contribution in [3.8, 4) is 11.5 Å². The summed E-state index contributed by atoms with van der Waals surface area (Å²) in [5, 5.41) is 8.17. The molecule has 162 valence electrons. The predicted molar refractivity (Wildman–Crippen MR) is 103 cm³/mol. The molecule has 0 saturated carbocycles. The molecule has 0 amide bonds. The smallest absolute Gasteiger partial charge is 0.417 e. The van der Waals surface area contributed by atoms with Crippen LogP contribution in [0.1, 0.15) is 11.1 Å². The van der Waals surface area contributed by atoms with E-state index in [0.717, 1.165) is 30.4 Å². The number of hydrogen-bond donors (Lipinski definition) is 2. The first-order valence-electron chi connectivity index (χ1n) is 7.95. The third kappa shape index (κ3) is 5.36. The van der Waals surface area contributed by atoms with E-state index in [0.29, 0.717) is 6.07 Å². The first-order chi connectivity index (χ1) is 13.9. The number of alkyl halides is 3. The second-order valence-corrected chi connectivity index (χ2v) is 7.78. The molecule has 0 aromatic heterocycles. The van der Waals surface area contributed by atoms with Gasteiger partial charge >= 0.3 is 12.1 Å². The molecule has 0 spiro atoms. The number of carboxylic acids is 1. The number of nitrogens with one attached hydrogen (secondary N) is 1. The Morgan fingerprint density at radius 3 is 2.37 bits per heavy atom. The minimum atomic E-state index is -4.79. The van der Waals surface area contributed by atoms with Gasteiger partial charge in [-0.3, -0.25) is 4.72 Å². The van der Waals surface area contributed by atoms with Crippen LogP contribution in [0.2, 0.25) is 5.02 Å². The molecule has 0 radical (unpaired) electrons. The standard InChI is InChI=1S/C18H15ClF3NO6S/c1-28-14-7-10(3-6-16(24)25)8-15(17(14)29-2)30(26,27)23-11-4-5-13(19)12(9-11)18(20,21)22/h3-9,23H,1-2H3,(H,24,25)/b6-3+. The summed E-state index contributed by atoms with van der Waals surface area (Å²) in [6.07, 6.45) is -2.89. The highest BCUT2D eigenvalue weighted by atomic mass is 35.5. The quantitative estimate of drug-likeness (QED) is 0.592. The van der Waals surface area contributed by atoms with Gasteiger partial charge in [0.15, 0.2) is 11.5 Å². The maximum absolute atomic E-state index is 13.1. The lowest BCUT2D eigenvalue weighted by Gasteiger charge is -2.16. The van der Waals surface area contributed by atoms with E-state index >= 15 is 0 Å². The number of anilines is 1. The highest BCUT2D eigenvalue weighted by Gasteiger charge is 2.34. The summed E-state index contributed by atoms with van der Waals surface area (Å²) in [5.41, 5.74) is -1.46. The number of methoxy groups -OCH3 is 2. The maximum atomic E-state index is 13.1. The van der Waals surface area contributed by atoms with Crippen LogP contribution >= 0.6 is 11.6 Å². The molecule has 0 unspecified atom stereocenters. The van der Waals surface area contributed by atoms with Crippen LogP contribution in [0.5, 0.6) is 11.5 Å². The molecule has 0 heterocycles. The maximum Gasteiger partial charge on any atom is 0.417 e. The molecule has 0 aliphatic heterocycles. The number of aliphatic carboxylic acids is 1. The molecule has 0 saturated heterocycles. The number of carbonyl (C=O) groups is 1. The average Bonchev–Trinajstić information content (AvgIpc) is 2.65. The van der Waals surface area contributed by atoms with Gasteiger partial charge in [-0.05, 0) is 42.0 Å². The lowest BCUT2D eigenvalue weighted by Crippen LogP contribution is -2.16. The van der Waals surface area contributed by atoms with Crippen LogP contribution in [-0.2, 0) is 21.0 Å². The van der Waals surface area contributed by atoms with Crippen molar-refractivity contribution in [2.24, 2.45) is 0 Å². The normalized spacial score (nSPS) is 12.1. The molecular weight excluding hydrogens is 451 g/mol. The third-order valence-corrected chi connectivity index (χ3v) is 5.42. The van der Waals surface area contributed by atoms with Crippen LogP contribution in [0.15, 0.2) is 41.3 Å². The Labute approximate surface area is 174 Å². The minimum Gasteiger partial charge on any atom is -0.493 e. The largest absolute Gasteiger partial charge is 0.493 e. The summed E-state index contributed by atoms with van der Waals surface area (Å²) in [4.78, 5) is 10.3. The number of benzene rings is 2. The van der Waals surface area contributed by atoms with E-state index in [9.17, 15) is 26.4 Å². The van der Waals surface area contributed by atoms with Gasteiger partial charge in [-0.25, -0.2) is 13.2 Å². The summed E-state index contributed by atoms with van der Waals surface area (Å²) in [6, 6.07) is 4.95. The number of rotatable bonds is 7. The van der Waals surface area contributed by atoms with E-state index < -0.39 is 37.7 Å². The summed E-state index contributed by atoms with van der Waals surface area (Å²) in [5.74, 6) is -1.52. The molecule has 30 heavy (non-hydrogen) atoms. The number of sulfonamides is 1. The molecule has 12 heteroatoms. The van der Waals surface area contributed by atoms with E-state index in [1.54, 1.807) is 0 Å². The number of halogens is 4. The predicted octanol–water partition coefficient (Wildman–Crippen LogP) is 4.27. The zero-order valence-corrected chi connectivity index (χ0v) is 17.0. The summed E-state index contributed by atoms with van der Waals surface area (Å²) in [6.45, 7) is 0. The highest BCUT2D eigenvalue weighted by Crippen LogP contribution is 2.39. The zero-order valence-electron chi connectivity index (χ0n) is 15.5. The van der Waals surface area contributed by atoms with Crippen LogP contribution in [0, 0.1) is 0 Å². The van der Waals surface area contributed by atoms with Crippen LogP contribution in [-0.4, -0.2) is 33.7 Å². The van der Waals surface area contributed by atoms with Crippen molar-refractivity contribution in [3.05, 3.63) is 52.6 Å². The van der Waals surface area contributed by atoms with Crippen LogP contribution < -0.4 is 14.2 Å². The van der Waals surface area contributed by atoms with Crippen molar-refractivity contribution < 1.29 is 41.0 Å². The van der Waals surface area contributed by atoms with Gasteiger partial charge < -0.3 is 14.6 Å². The summed E-state index contributed by atoms with van der Waals surface area (Å²) < 4.78 is 77.1. The van der Waals surface area contributed by atoms with Gasteiger partial charge in [0.25, 0.3) is 10.0 Å². The second-order valence-electron chi connectivity index (χ2n) is 5.72. The van der Waals surface area contributed by atoms with Gasteiger partial charge in [0.1, 0.15) is 4.90 Å². The zero-order chi connectivity index (χ0) is 22.7. The Kier molecular flexibility index (Phi) is 6.88. The number of ether oxygens (including phenoxy) is 2. The van der Waals surface area contributed by atoms with E-state index in [1.807, 2.05) is 4.72 Å². The molecule has 2 rings (SSSR count). The van der Waals surface area contributed by atoms with E-state index in [2.05, 4.69) is 0 Å². The Hall–Kier alpha value is -2.92. The van der Waals surface area contributed by atoms with Crippen LogP contribution in [0.3, 0.4) is 0 Å². The highest BCUT2D eigenvalue weighted by molar-refractivity contribution is 7.92. The van der Waals surface area contributed by atoms with Crippen molar-refractivity contribution in [1.29, 1.82) is 0 Å². The molecular formula is C18H15ClF3NO6S. The van der Waals surface area contributed by atoms with Crippen molar-refractivity contribution in [2.75, 3.05) is 18.9 Å². The van der Waals surface area contributed by atoms with Gasteiger partial charge in [-0.2, -0.15) is 13.2 Å². The third-order valence-electron chi connectivity index (χ3n) is 3.70. The van der Waals surface area contributed by atoms with Gasteiger partial charge in [-0.1, -0.05) is 11.6 Å². The first kappa shape index (κ1) is 23.4. The fourth-order valence-corrected chi connectivity index (χ4v) is 3.92. The fourth-order valence-electron chi connectivity index (χ4n) is 2.43. The van der Waals surface area contributed by atoms with E-state index in [-0.39, 0.29) is 22.7 Å². The molecule has 2 aromatic rings. The van der Waals surface area contributed by atoms with Crippen molar-refractivity contribution in [3.63, 3.8) is 0 Å². The van der Waals surface area contributed by atoms with Crippen LogP contribution in [0.25, 0.3) is 6.08 Å². The topological polar surface area (TPSA) is 102 Å². The molecule has 0 bridgehead atoms. The molecule has 2 aromatic carbocycles. The summed E-state index contributed by atoms with van der Waals surface area (Å²) >= 11 is 5.55. The van der Waals surface area contributed by atoms with Crippen molar-refractivity contribution in [2.45, 2.75) is 11.1 Å². The molecule has 0 aliphatic rings.